The summed E-state index contributed by atoms with van der Waals surface area (Å²) in [6, 6.07) is 9.83. The van der Waals surface area contributed by atoms with Crippen molar-refractivity contribution >= 4 is 11.9 Å². The van der Waals surface area contributed by atoms with Gasteiger partial charge in [0.15, 0.2) is 5.76 Å². The maximum Gasteiger partial charge on any atom is 0.222 e. The van der Waals surface area contributed by atoms with E-state index < -0.39 is 0 Å². The first-order valence-corrected chi connectivity index (χ1v) is 5.88. The first-order valence-electron chi connectivity index (χ1n) is 5.88. The van der Waals surface area contributed by atoms with Gasteiger partial charge >= 0.3 is 0 Å². The van der Waals surface area contributed by atoms with Gasteiger partial charge in [0.05, 0.1) is 6.61 Å². The first kappa shape index (κ1) is 11.6. The number of ketones is 1. The van der Waals surface area contributed by atoms with Crippen LogP contribution in [0.15, 0.2) is 47.7 Å². The van der Waals surface area contributed by atoms with Crippen LogP contribution in [0.3, 0.4) is 0 Å². The number of ether oxygens (including phenoxy) is 1. The quantitative estimate of drug-likeness (QED) is 0.741. The Kier molecular flexibility index (Phi) is 3.76. The molecular formula is C15H16O2. The van der Waals surface area contributed by atoms with Crippen LogP contribution in [-0.4, -0.2) is 12.4 Å². The Bertz CT molecular complexity index is 455. The van der Waals surface area contributed by atoms with Crippen LogP contribution in [0.1, 0.15) is 25.3 Å². The molecule has 2 nitrogen and oxygen atoms in total. The second kappa shape index (κ2) is 5.48. The molecule has 0 atom stereocenters. The maximum absolute atomic E-state index is 12.0. The highest BCUT2D eigenvalue weighted by Crippen LogP contribution is 2.16. The number of Topliss-reactive ketones (excluding diaryl/α,β-unsaturated/α-hetero) is 1. The van der Waals surface area contributed by atoms with Crippen molar-refractivity contribution in [3.05, 3.63) is 53.3 Å². The van der Waals surface area contributed by atoms with E-state index in [-0.39, 0.29) is 5.78 Å². The molecule has 0 saturated heterocycles. The van der Waals surface area contributed by atoms with Crippen molar-refractivity contribution in [1.82, 2.24) is 0 Å². The Hall–Kier alpha value is -1.83. The van der Waals surface area contributed by atoms with E-state index in [2.05, 4.69) is 0 Å². The topological polar surface area (TPSA) is 26.3 Å². The van der Waals surface area contributed by atoms with Gasteiger partial charge in [-0.3, -0.25) is 4.79 Å². The van der Waals surface area contributed by atoms with Crippen LogP contribution in [0.4, 0.5) is 0 Å². The van der Waals surface area contributed by atoms with Gasteiger partial charge in [0, 0.05) is 5.57 Å². The molecule has 0 amide bonds. The number of allylic oxidation sites excluding steroid dienone is 2. The van der Waals surface area contributed by atoms with Crippen molar-refractivity contribution in [1.29, 1.82) is 0 Å². The van der Waals surface area contributed by atoms with Crippen LogP contribution >= 0.6 is 0 Å². The maximum atomic E-state index is 12.0. The molecule has 2 rings (SSSR count). The Morgan fingerprint density at radius 3 is 2.71 bits per heavy atom. The minimum atomic E-state index is -0.00597. The number of benzene rings is 1. The Balaban J connectivity index is 2.14. The van der Waals surface area contributed by atoms with Crippen molar-refractivity contribution in [3.63, 3.8) is 0 Å². The van der Waals surface area contributed by atoms with Gasteiger partial charge in [0.1, 0.15) is 0 Å². The third kappa shape index (κ3) is 3.06. The van der Waals surface area contributed by atoms with E-state index in [1.807, 2.05) is 49.4 Å². The molecule has 0 unspecified atom stereocenters. The van der Waals surface area contributed by atoms with E-state index in [4.69, 9.17) is 4.74 Å². The monoisotopic (exact) mass is 228 g/mol. The van der Waals surface area contributed by atoms with Crippen molar-refractivity contribution in [2.24, 2.45) is 0 Å². The summed E-state index contributed by atoms with van der Waals surface area (Å²) in [7, 11) is 0. The lowest BCUT2D eigenvalue weighted by atomic mass is 10.1. The van der Waals surface area contributed by atoms with Crippen molar-refractivity contribution in [3.8, 4) is 0 Å². The van der Waals surface area contributed by atoms with Gasteiger partial charge in [0.25, 0.3) is 0 Å². The highest BCUT2D eigenvalue weighted by molar-refractivity contribution is 6.09. The van der Waals surface area contributed by atoms with Gasteiger partial charge in [0.2, 0.25) is 5.78 Å². The van der Waals surface area contributed by atoms with Crippen LogP contribution in [-0.2, 0) is 9.53 Å². The summed E-state index contributed by atoms with van der Waals surface area (Å²) in [4.78, 5) is 12.0. The van der Waals surface area contributed by atoms with Gasteiger partial charge in [-0.05, 0) is 37.5 Å². The van der Waals surface area contributed by atoms with Gasteiger partial charge in [-0.15, -0.1) is 0 Å². The second-order valence-electron chi connectivity index (χ2n) is 4.13. The van der Waals surface area contributed by atoms with Gasteiger partial charge in [-0.1, -0.05) is 30.3 Å². The largest absolute Gasteiger partial charge is 0.490 e. The summed E-state index contributed by atoms with van der Waals surface area (Å²) < 4.78 is 5.37. The minimum absolute atomic E-state index is 0.00597. The second-order valence-corrected chi connectivity index (χ2v) is 4.13. The summed E-state index contributed by atoms with van der Waals surface area (Å²) >= 11 is 0. The summed E-state index contributed by atoms with van der Waals surface area (Å²) in [5.74, 6) is 0.495. The SMILES string of the molecule is C/C(=C\c1ccccc1)C(=O)C1=CCCCO1. The molecule has 1 aromatic carbocycles. The van der Waals surface area contributed by atoms with Crippen LogP contribution in [0.25, 0.3) is 6.08 Å². The van der Waals surface area contributed by atoms with Gasteiger partial charge in [-0.25, -0.2) is 0 Å². The first-order chi connectivity index (χ1) is 8.27. The standard InChI is InChI=1S/C15H16O2/c1-12(11-13-7-3-2-4-8-13)15(16)14-9-5-6-10-17-14/h2-4,7-9,11H,5-6,10H2,1H3/b12-11+. The molecule has 1 aliphatic heterocycles. The summed E-state index contributed by atoms with van der Waals surface area (Å²) in [6.07, 6.45) is 5.70. The molecule has 0 N–H and O–H groups in total. The predicted molar refractivity (Wildman–Crippen MR) is 68.4 cm³/mol. The smallest absolute Gasteiger partial charge is 0.222 e. The van der Waals surface area contributed by atoms with Crippen molar-refractivity contribution < 1.29 is 9.53 Å². The molecule has 1 aliphatic rings. The zero-order valence-electron chi connectivity index (χ0n) is 9.98. The van der Waals surface area contributed by atoms with Gasteiger partial charge in [-0.2, -0.15) is 0 Å². The molecule has 17 heavy (non-hydrogen) atoms. The minimum Gasteiger partial charge on any atom is -0.490 e. The Labute approximate surface area is 102 Å². The lowest BCUT2D eigenvalue weighted by Crippen LogP contribution is -2.11. The van der Waals surface area contributed by atoms with E-state index >= 15 is 0 Å². The zero-order valence-corrected chi connectivity index (χ0v) is 9.98. The predicted octanol–water partition coefficient (Wildman–Crippen LogP) is 3.35. The zero-order chi connectivity index (χ0) is 12.1. The van der Waals surface area contributed by atoms with Crippen LogP contribution in [0, 0.1) is 0 Å². The van der Waals surface area contributed by atoms with E-state index in [1.54, 1.807) is 0 Å². The highest BCUT2D eigenvalue weighted by atomic mass is 16.5. The molecule has 0 aromatic heterocycles. The molecule has 0 fully saturated rings. The average Bonchev–Trinajstić information content (AvgIpc) is 2.40. The molecule has 1 heterocycles. The summed E-state index contributed by atoms with van der Waals surface area (Å²) in [5, 5.41) is 0. The van der Waals surface area contributed by atoms with Crippen LogP contribution in [0.2, 0.25) is 0 Å². The molecule has 0 bridgehead atoms. The fourth-order valence-corrected chi connectivity index (χ4v) is 1.77. The molecule has 1 aromatic rings. The Morgan fingerprint density at radius 1 is 1.29 bits per heavy atom. The fourth-order valence-electron chi connectivity index (χ4n) is 1.77. The van der Waals surface area contributed by atoms with E-state index in [0.29, 0.717) is 17.9 Å². The number of carbonyl (C=O) groups excluding carboxylic acids is 1. The molecule has 0 saturated carbocycles. The van der Waals surface area contributed by atoms with E-state index in [1.165, 1.54) is 0 Å². The van der Waals surface area contributed by atoms with Crippen molar-refractivity contribution in [2.45, 2.75) is 19.8 Å². The molecular weight excluding hydrogens is 212 g/mol. The number of hydrogen-bond donors (Lipinski definition) is 0. The van der Waals surface area contributed by atoms with Crippen molar-refractivity contribution in [2.75, 3.05) is 6.61 Å². The highest BCUT2D eigenvalue weighted by Gasteiger charge is 2.15. The lowest BCUT2D eigenvalue weighted by Gasteiger charge is -2.13. The summed E-state index contributed by atoms with van der Waals surface area (Å²) in [6.45, 7) is 2.48. The average molecular weight is 228 g/mol. The molecule has 0 radical (unpaired) electrons. The third-order valence-electron chi connectivity index (χ3n) is 2.70. The molecule has 88 valence electrons. The fraction of sp³-hybridized carbons (Fsp3) is 0.267. The Morgan fingerprint density at radius 2 is 2.06 bits per heavy atom. The normalized spacial score (nSPS) is 16.1. The van der Waals surface area contributed by atoms with E-state index in [9.17, 15) is 4.79 Å². The third-order valence-corrected chi connectivity index (χ3v) is 2.70. The van der Waals surface area contributed by atoms with Gasteiger partial charge < -0.3 is 4.74 Å². The molecule has 0 aliphatic carbocycles. The molecule has 0 spiro atoms. The summed E-state index contributed by atoms with van der Waals surface area (Å²) in [5.41, 5.74) is 1.75. The number of rotatable bonds is 3. The van der Waals surface area contributed by atoms with E-state index in [0.717, 1.165) is 18.4 Å². The number of hydrogen-bond acceptors (Lipinski definition) is 2. The molecule has 2 heteroatoms. The van der Waals surface area contributed by atoms with Crippen LogP contribution in [0.5, 0.6) is 0 Å². The lowest BCUT2D eigenvalue weighted by molar-refractivity contribution is -0.115. The number of carbonyl (C=O) groups is 1. The van der Waals surface area contributed by atoms with Crippen LogP contribution < -0.4 is 0 Å².